The van der Waals surface area contributed by atoms with Gasteiger partial charge in [0.05, 0.1) is 5.41 Å². The third-order valence-corrected chi connectivity index (χ3v) is 2.99. The van der Waals surface area contributed by atoms with Gasteiger partial charge < -0.3 is 10.2 Å². The fourth-order valence-electron chi connectivity index (χ4n) is 1.26. The number of carboxylic acid groups (broad SMARTS) is 2. The molecule has 76 valence electrons. The van der Waals surface area contributed by atoms with Crippen molar-refractivity contribution in [2.75, 3.05) is 0 Å². The Kier molecular flexibility index (Phi) is 4.20. The number of carbonyl (C=O) groups is 2. The van der Waals surface area contributed by atoms with Crippen molar-refractivity contribution in [1.82, 2.24) is 0 Å². The van der Waals surface area contributed by atoms with E-state index in [1.807, 2.05) is 0 Å². The molecular weight excluding hydrogens is 196 g/mol. The lowest BCUT2D eigenvalue weighted by molar-refractivity contribution is -0.155. The lowest BCUT2D eigenvalue weighted by Gasteiger charge is -2.28. The molecule has 0 saturated carbocycles. The van der Waals surface area contributed by atoms with Crippen LogP contribution in [0.2, 0.25) is 0 Å². The third kappa shape index (κ3) is 2.12. The van der Waals surface area contributed by atoms with Crippen LogP contribution in [0.1, 0.15) is 26.7 Å². The summed E-state index contributed by atoms with van der Waals surface area (Å²) in [4.78, 5) is 21.5. The predicted molar refractivity (Wildman–Crippen MR) is 47.9 cm³/mol. The van der Waals surface area contributed by atoms with Gasteiger partial charge >= 0.3 is 11.9 Å². The Morgan fingerprint density at radius 2 is 1.69 bits per heavy atom. The van der Waals surface area contributed by atoms with E-state index in [9.17, 15) is 9.59 Å². The molecule has 5 heteroatoms. The molecule has 2 N–H and O–H groups in total. The normalized spacial score (nSPS) is 13.8. The SMILES string of the molecule is CCC(CC)(C(=O)O)C(Cl)C(=O)O. The number of rotatable bonds is 5. The maximum absolute atomic E-state index is 10.9. The molecule has 0 aromatic heterocycles. The van der Waals surface area contributed by atoms with Crippen LogP contribution in [-0.4, -0.2) is 27.5 Å². The van der Waals surface area contributed by atoms with Gasteiger partial charge in [-0.1, -0.05) is 13.8 Å². The lowest BCUT2D eigenvalue weighted by Crippen LogP contribution is -2.42. The van der Waals surface area contributed by atoms with Crippen LogP contribution in [0.25, 0.3) is 0 Å². The van der Waals surface area contributed by atoms with Crippen LogP contribution in [0.5, 0.6) is 0 Å². The van der Waals surface area contributed by atoms with Crippen LogP contribution < -0.4 is 0 Å². The maximum atomic E-state index is 10.9. The number of carboxylic acids is 2. The molecular formula is C8H13ClO4. The largest absolute Gasteiger partial charge is 0.481 e. The molecule has 13 heavy (non-hydrogen) atoms. The van der Waals surface area contributed by atoms with E-state index in [1.54, 1.807) is 13.8 Å². The highest BCUT2D eigenvalue weighted by Gasteiger charge is 2.45. The molecule has 1 atom stereocenters. The highest BCUT2D eigenvalue weighted by molar-refractivity contribution is 6.31. The monoisotopic (exact) mass is 208 g/mol. The van der Waals surface area contributed by atoms with Gasteiger partial charge in [0, 0.05) is 0 Å². The summed E-state index contributed by atoms with van der Waals surface area (Å²) in [6.45, 7) is 3.24. The summed E-state index contributed by atoms with van der Waals surface area (Å²) in [5.74, 6) is -2.44. The van der Waals surface area contributed by atoms with Gasteiger partial charge in [-0.15, -0.1) is 11.6 Å². The minimum atomic E-state index is -1.38. The number of halogens is 1. The van der Waals surface area contributed by atoms with E-state index in [4.69, 9.17) is 21.8 Å². The molecule has 4 nitrogen and oxygen atoms in total. The molecule has 0 bridgehead atoms. The van der Waals surface area contributed by atoms with E-state index < -0.39 is 22.7 Å². The highest BCUT2D eigenvalue weighted by Crippen LogP contribution is 2.34. The molecule has 0 rings (SSSR count). The van der Waals surface area contributed by atoms with Crippen molar-refractivity contribution in [2.24, 2.45) is 5.41 Å². The standard InChI is InChI=1S/C8H13ClO4/c1-3-8(4-2,7(12)13)5(9)6(10)11/h5H,3-4H2,1-2H3,(H,10,11)(H,12,13). The number of hydrogen-bond donors (Lipinski definition) is 2. The van der Waals surface area contributed by atoms with Gasteiger partial charge in [0.15, 0.2) is 0 Å². The molecule has 0 spiro atoms. The zero-order valence-electron chi connectivity index (χ0n) is 7.58. The Morgan fingerprint density at radius 1 is 1.31 bits per heavy atom. The average Bonchev–Trinajstić information content (AvgIpc) is 2.06. The fourth-order valence-corrected chi connectivity index (χ4v) is 1.66. The summed E-state index contributed by atoms with van der Waals surface area (Å²) in [6.07, 6.45) is 0.415. The zero-order chi connectivity index (χ0) is 10.6. The van der Waals surface area contributed by atoms with Gasteiger partial charge in [0.1, 0.15) is 5.38 Å². The Balaban J connectivity index is 4.97. The molecule has 0 aromatic rings. The van der Waals surface area contributed by atoms with E-state index in [0.717, 1.165) is 0 Å². The van der Waals surface area contributed by atoms with Gasteiger partial charge in [0.2, 0.25) is 0 Å². The lowest BCUT2D eigenvalue weighted by atomic mass is 9.79. The summed E-state index contributed by atoms with van der Waals surface area (Å²) < 4.78 is 0. The van der Waals surface area contributed by atoms with Crippen molar-refractivity contribution in [3.8, 4) is 0 Å². The third-order valence-electron chi connectivity index (χ3n) is 2.39. The number of hydrogen-bond acceptors (Lipinski definition) is 2. The van der Waals surface area contributed by atoms with Crippen molar-refractivity contribution in [1.29, 1.82) is 0 Å². The van der Waals surface area contributed by atoms with Crippen molar-refractivity contribution < 1.29 is 19.8 Å². The quantitative estimate of drug-likeness (QED) is 0.673. The smallest absolute Gasteiger partial charge is 0.322 e. The minimum Gasteiger partial charge on any atom is -0.481 e. The maximum Gasteiger partial charge on any atom is 0.322 e. The highest BCUT2D eigenvalue weighted by atomic mass is 35.5. The van der Waals surface area contributed by atoms with Crippen LogP contribution >= 0.6 is 11.6 Å². The molecule has 0 amide bonds. The Hall–Kier alpha value is -0.770. The first-order valence-electron chi connectivity index (χ1n) is 4.02. The zero-order valence-corrected chi connectivity index (χ0v) is 8.34. The van der Waals surface area contributed by atoms with Crippen molar-refractivity contribution in [3.63, 3.8) is 0 Å². The fraction of sp³-hybridized carbons (Fsp3) is 0.750. The molecule has 0 fully saturated rings. The predicted octanol–water partition coefficient (Wildman–Crippen LogP) is 1.57. The van der Waals surface area contributed by atoms with E-state index in [2.05, 4.69) is 0 Å². The second kappa shape index (κ2) is 4.46. The van der Waals surface area contributed by atoms with E-state index in [0.29, 0.717) is 0 Å². The van der Waals surface area contributed by atoms with E-state index >= 15 is 0 Å². The Morgan fingerprint density at radius 3 is 1.77 bits per heavy atom. The van der Waals surface area contributed by atoms with E-state index in [1.165, 1.54) is 0 Å². The van der Waals surface area contributed by atoms with Crippen LogP contribution in [0.15, 0.2) is 0 Å². The molecule has 1 unspecified atom stereocenters. The molecule has 0 aliphatic carbocycles. The van der Waals surface area contributed by atoms with Crippen molar-refractivity contribution >= 4 is 23.5 Å². The van der Waals surface area contributed by atoms with Crippen LogP contribution in [-0.2, 0) is 9.59 Å². The van der Waals surface area contributed by atoms with Crippen molar-refractivity contribution in [2.45, 2.75) is 32.1 Å². The summed E-state index contributed by atoms with van der Waals surface area (Å²) in [6, 6.07) is 0. The Labute approximate surface area is 81.5 Å². The van der Waals surface area contributed by atoms with E-state index in [-0.39, 0.29) is 12.8 Å². The van der Waals surface area contributed by atoms with Crippen LogP contribution in [0.3, 0.4) is 0 Å². The van der Waals surface area contributed by atoms with Gasteiger partial charge in [-0.05, 0) is 12.8 Å². The van der Waals surface area contributed by atoms with Crippen LogP contribution in [0.4, 0.5) is 0 Å². The van der Waals surface area contributed by atoms with Crippen molar-refractivity contribution in [3.05, 3.63) is 0 Å². The Bertz CT molecular complexity index is 210. The van der Waals surface area contributed by atoms with Gasteiger partial charge in [-0.2, -0.15) is 0 Å². The first-order valence-corrected chi connectivity index (χ1v) is 4.46. The molecule has 0 aliphatic rings. The van der Waals surface area contributed by atoms with Crippen LogP contribution in [0, 0.1) is 5.41 Å². The molecule has 0 aliphatic heterocycles. The minimum absolute atomic E-state index is 0.208. The first-order chi connectivity index (χ1) is 5.92. The van der Waals surface area contributed by atoms with Gasteiger partial charge in [-0.3, -0.25) is 9.59 Å². The number of aliphatic carboxylic acids is 2. The molecule has 0 radical (unpaired) electrons. The van der Waals surface area contributed by atoms with Gasteiger partial charge in [0.25, 0.3) is 0 Å². The average molecular weight is 209 g/mol. The molecule has 0 saturated heterocycles. The number of alkyl halides is 1. The summed E-state index contributed by atoms with van der Waals surface area (Å²) in [5, 5.41) is 16.2. The summed E-state index contributed by atoms with van der Waals surface area (Å²) in [5.41, 5.74) is -1.35. The molecule has 0 heterocycles. The summed E-state index contributed by atoms with van der Waals surface area (Å²) in [7, 11) is 0. The summed E-state index contributed by atoms with van der Waals surface area (Å²) >= 11 is 5.55. The second-order valence-electron chi connectivity index (χ2n) is 2.87. The topological polar surface area (TPSA) is 74.6 Å². The molecule has 0 aromatic carbocycles. The first kappa shape index (κ1) is 12.2. The van der Waals surface area contributed by atoms with Gasteiger partial charge in [-0.25, -0.2) is 0 Å². The second-order valence-corrected chi connectivity index (χ2v) is 3.31.